The Bertz CT molecular complexity index is 447. The molecule has 0 aliphatic carbocycles. The molecule has 1 saturated heterocycles. The van der Waals surface area contributed by atoms with Gasteiger partial charge in [-0.15, -0.1) is 0 Å². The second-order valence-electron chi connectivity index (χ2n) is 4.35. The highest BCUT2D eigenvalue weighted by Crippen LogP contribution is 2.11. The monoisotopic (exact) mass is 266 g/mol. The normalized spacial score (nSPS) is 16.4. The summed E-state index contributed by atoms with van der Waals surface area (Å²) in [6.07, 6.45) is 1.70. The fourth-order valence-electron chi connectivity index (χ4n) is 1.71. The van der Waals surface area contributed by atoms with E-state index in [0.29, 0.717) is 10.6 Å². The third-order valence-electron chi connectivity index (χ3n) is 2.90. The zero-order valence-corrected chi connectivity index (χ0v) is 11.0. The maximum Gasteiger partial charge on any atom is 0.365 e. The highest BCUT2D eigenvalue weighted by atomic mass is 35.5. The Morgan fingerprint density at radius 3 is 2.50 bits per heavy atom. The van der Waals surface area contributed by atoms with Crippen molar-refractivity contribution in [3.05, 3.63) is 34.9 Å². The summed E-state index contributed by atoms with van der Waals surface area (Å²) in [5.41, 5.74) is 1.40. The van der Waals surface area contributed by atoms with Gasteiger partial charge in [0, 0.05) is 31.0 Å². The minimum atomic E-state index is -0.446. The molecule has 4 nitrogen and oxygen atoms in total. The van der Waals surface area contributed by atoms with Crippen molar-refractivity contribution in [1.82, 2.24) is 4.90 Å². The van der Waals surface area contributed by atoms with E-state index in [9.17, 15) is 4.79 Å². The summed E-state index contributed by atoms with van der Waals surface area (Å²) in [5.74, 6) is -0.446. The molecular weight excluding hydrogens is 252 g/mol. The highest BCUT2D eigenvalue weighted by Gasteiger charge is 2.13. The van der Waals surface area contributed by atoms with E-state index < -0.39 is 5.97 Å². The van der Waals surface area contributed by atoms with E-state index in [2.05, 4.69) is 17.1 Å². The van der Waals surface area contributed by atoms with Gasteiger partial charge < -0.3 is 9.74 Å². The van der Waals surface area contributed by atoms with Gasteiger partial charge in [0.1, 0.15) is 0 Å². The second kappa shape index (κ2) is 5.98. The van der Waals surface area contributed by atoms with Crippen LogP contribution in [0.4, 0.5) is 0 Å². The van der Waals surface area contributed by atoms with Gasteiger partial charge in [-0.3, -0.25) is 0 Å². The summed E-state index contributed by atoms with van der Waals surface area (Å²) in [7, 11) is 2.07. The van der Waals surface area contributed by atoms with Crippen LogP contribution in [-0.2, 0) is 4.84 Å². The van der Waals surface area contributed by atoms with Crippen LogP contribution in [-0.4, -0.2) is 36.7 Å². The molecule has 1 aromatic rings. The van der Waals surface area contributed by atoms with E-state index >= 15 is 0 Å². The minimum absolute atomic E-state index is 0.446. The number of carbonyl (C=O) groups excluding carboxylic acids is 1. The Hall–Kier alpha value is -1.39. The molecule has 0 spiro atoms. The standard InChI is InChI=1S/C13H15ClN2O2/c1-16-8-6-12(7-9-16)15-18-13(17)10-2-4-11(14)5-3-10/h2-5H,6-9H2,1H3. The molecule has 5 heteroatoms. The lowest BCUT2D eigenvalue weighted by Gasteiger charge is -2.22. The number of benzene rings is 1. The van der Waals surface area contributed by atoms with E-state index in [1.165, 1.54) is 0 Å². The topological polar surface area (TPSA) is 41.9 Å². The van der Waals surface area contributed by atoms with Crippen LogP contribution >= 0.6 is 11.6 Å². The van der Waals surface area contributed by atoms with E-state index in [0.717, 1.165) is 31.6 Å². The summed E-state index contributed by atoms with van der Waals surface area (Å²) < 4.78 is 0. The first-order chi connectivity index (χ1) is 8.65. The fourth-order valence-corrected chi connectivity index (χ4v) is 1.84. The molecule has 0 aromatic heterocycles. The molecule has 1 aliphatic heterocycles. The number of rotatable bonds is 2. The molecule has 0 radical (unpaired) electrons. The van der Waals surface area contributed by atoms with Crippen molar-refractivity contribution in [2.75, 3.05) is 20.1 Å². The van der Waals surface area contributed by atoms with Crippen molar-refractivity contribution in [2.24, 2.45) is 5.16 Å². The van der Waals surface area contributed by atoms with Crippen molar-refractivity contribution in [3.63, 3.8) is 0 Å². The van der Waals surface area contributed by atoms with Gasteiger partial charge in [-0.25, -0.2) is 4.79 Å². The number of halogens is 1. The Morgan fingerprint density at radius 1 is 1.28 bits per heavy atom. The van der Waals surface area contributed by atoms with E-state index in [4.69, 9.17) is 16.4 Å². The van der Waals surface area contributed by atoms with E-state index in [-0.39, 0.29) is 0 Å². The minimum Gasteiger partial charge on any atom is -0.313 e. The zero-order valence-electron chi connectivity index (χ0n) is 10.2. The van der Waals surface area contributed by atoms with Gasteiger partial charge in [0.05, 0.1) is 11.3 Å². The van der Waals surface area contributed by atoms with Gasteiger partial charge in [0.15, 0.2) is 0 Å². The molecule has 0 bridgehead atoms. The fraction of sp³-hybridized carbons (Fsp3) is 0.385. The predicted octanol–water partition coefficient (Wildman–Crippen LogP) is 2.58. The number of likely N-dealkylation sites (tertiary alicyclic amines) is 1. The quantitative estimate of drug-likeness (QED) is 0.610. The van der Waals surface area contributed by atoms with Crippen LogP contribution in [0.5, 0.6) is 0 Å². The molecule has 0 N–H and O–H groups in total. The van der Waals surface area contributed by atoms with Gasteiger partial charge in [-0.05, 0) is 31.3 Å². The molecule has 0 unspecified atom stereocenters. The maximum absolute atomic E-state index is 11.7. The molecule has 1 aliphatic rings. The van der Waals surface area contributed by atoms with Crippen molar-refractivity contribution in [1.29, 1.82) is 0 Å². The van der Waals surface area contributed by atoms with Crippen molar-refractivity contribution in [2.45, 2.75) is 12.8 Å². The Morgan fingerprint density at radius 2 is 1.89 bits per heavy atom. The van der Waals surface area contributed by atoms with Gasteiger partial charge in [-0.1, -0.05) is 16.8 Å². The average Bonchev–Trinajstić information content (AvgIpc) is 2.38. The molecule has 18 heavy (non-hydrogen) atoms. The molecule has 1 fully saturated rings. The van der Waals surface area contributed by atoms with Gasteiger partial charge in [0.2, 0.25) is 0 Å². The van der Waals surface area contributed by atoms with Crippen LogP contribution in [0.3, 0.4) is 0 Å². The predicted molar refractivity (Wildman–Crippen MR) is 71.0 cm³/mol. The summed E-state index contributed by atoms with van der Waals surface area (Å²) in [6.45, 7) is 1.91. The third-order valence-corrected chi connectivity index (χ3v) is 3.15. The maximum atomic E-state index is 11.7. The first kappa shape index (κ1) is 13.1. The summed E-state index contributed by atoms with van der Waals surface area (Å²) in [6, 6.07) is 6.56. The largest absolute Gasteiger partial charge is 0.365 e. The van der Waals surface area contributed by atoms with Crippen molar-refractivity contribution >= 4 is 23.3 Å². The van der Waals surface area contributed by atoms with Gasteiger partial charge in [-0.2, -0.15) is 0 Å². The SMILES string of the molecule is CN1CCC(=NOC(=O)c2ccc(Cl)cc2)CC1. The number of nitrogens with zero attached hydrogens (tertiary/aromatic N) is 2. The first-order valence-corrected chi connectivity index (χ1v) is 6.24. The second-order valence-corrected chi connectivity index (χ2v) is 4.78. The van der Waals surface area contributed by atoms with Crippen LogP contribution in [0.1, 0.15) is 23.2 Å². The molecule has 0 amide bonds. The lowest BCUT2D eigenvalue weighted by molar-refractivity contribution is 0.0512. The average molecular weight is 267 g/mol. The van der Waals surface area contributed by atoms with Gasteiger partial charge >= 0.3 is 5.97 Å². The Labute approximate surface area is 111 Å². The molecule has 96 valence electrons. The van der Waals surface area contributed by atoms with Crippen LogP contribution in [0.15, 0.2) is 29.4 Å². The van der Waals surface area contributed by atoms with Crippen LogP contribution in [0, 0.1) is 0 Å². The Kier molecular flexibility index (Phi) is 4.33. The zero-order chi connectivity index (χ0) is 13.0. The third kappa shape index (κ3) is 3.55. The van der Waals surface area contributed by atoms with Crippen LogP contribution < -0.4 is 0 Å². The number of hydrogen-bond donors (Lipinski definition) is 0. The molecule has 1 heterocycles. The van der Waals surface area contributed by atoms with Crippen LogP contribution in [0.25, 0.3) is 0 Å². The Balaban J connectivity index is 1.92. The van der Waals surface area contributed by atoms with Crippen molar-refractivity contribution < 1.29 is 9.63 Å². The molecule has 0 saturated carbocycles. The lowest BCUT2D eigenvalue weighted by atomic mass is 10.1. The number of carbonyl (C=O) groups is 1. The van der Waals surface area contributed by atoms with Crippen molar-refractivity contribution in [3.8, 4) is 0 Å². The van der Waals surface area contributed by atoms with Gasteiger partial charge in [0.25, 0.3) is 0 Å². The molecular formula is C13H15ClN2O2. The first-order valence-electron chi connectivity index (χ1n) is 5.86. The molecule has 2 rings (SSSR count). The molecule has 0 atom stereocenters. The lowest BCUT2D eigenvalue weighted by Crippen LogP contribution is -2.30. The summed E-state index contributed by atoms with van der Waals surface area (Å²) >= 11 is 5.74. The smallest absolute Gasteiger partial charge is 0.313 e. The van der Waals surface area contributed by atoms with E-state index in [1.807, 2.05) is 0 Å². The van der Waals surface area contributed by atoms with Crippen LogP contribution in [0.2, 0.25) is 5.02 Å². The molecule has 1 aromatic carbocycles. The number of hydrogen-bond acceptors (Lipinski definition) is 4. The number of oxime groups is 1. The van der Waals surface area contributed by atoms with E-state index in [1.54, 1.807) is 24.3 Å². The summed E-state index contributed by atoms with van der Waals surface area (Å²) in [4.78, 5) is 18.8. The highest BCUT2D eigenvalue weighted by molar-refractivity contribution is 6.30. The summed E-state index contributed by atoms with van der Waals surface area (Å²) in [5, 5.41) is 4.51. The number of piperidine rings is 1.